The Morgan fingerprint density at radius 3 is 2.88 bits per heavy atom. The Hall–Kier alpha value is -0.300. The van der Waals surface area contributed by atoms with Crippen LogP contribution in [0.25, 0.3) is 0 Å². The van der Waals surface area contributed by atoms with Crippen LogP contribution in [0, 0.1) is 9.49 Å². The lowest BCUT2D eigenvalue weighted by atomic mass is 10.1. The summed E-state index contributed by atoms with van der Waals surface area (Å²) in [5.74, 6) is 1.66. The molecule has 0 amide bonds. The highest BCUT2D eigenvalue weighted by Crippen LogP contribution is 2.14. The molecular formula is C10H15ClIN3O. The van der Waals surface area contributed by atoms with Crippen LogP contribution in [0.5, 0.6) is 0 Å². The van der Waals surface area contributed by atoms with Crippen molar-refractivity contribution in [1.82, 2.24) is 9.97 Å². The predicted molar refractivity (Wildman–Crippen MR) is 75.2 cm³/mol. The van der Waals surface area contributed by atoms with Crippen molar-refractivity contribution < 1.29 is 0 Å². The maximum atomic E-state index is 11.4. The van der Waals surface area contributed by atoms with Crippen LogP contribution in [0.3, 0.4) is 0 Å². The van der Waals surface area contributed by atoms with Crippen LogP contribution in [0.15, 0.2) is 11.1 Å². The fourth-order valence-electron chi connectivity index (χ4n) is 1.41. The number of nitrogens with zero attached hydrogens (tertiary/aromatic N) is 1. The van der Waals surface area contributed by atoms with Crippen LogP contribution >= 0.6 is 34.2 Å². The molecule has 0 aliphatic carbocycles. The number of anilines is 1. The molecule has 0 fully saturated rings. The molecule has 0 saturated carbocycles. The van der Waals surface area contributed by atoms with E-state index in [4.69, 9.17) is 11.6 Å². The molecule has 1 aromatic heterocycles. The number of aromatic nitrogens is 2. The summed E-state index contributed by atoms with van der Waals surface area (Å²) in [7, 11) is 0. The van der Waals surface area contributed by atoms with Gasteiger partial charge in [-0.2, -0.15) is 0 Å². The lowest BCUT2D eigenvalue weighted by Crippen LogP contribution is -2.26. The molecule has 0 bridgehead atoms. The topological polar surface area (TPSA) is 57.8 Å². The van der Waals surface area contributed by atoms with Gasteiger partial charge >= 0.3 is 0 Å². The molecule has 1 atom stereocenters. The summed E-state index contributed by atoms with van der Waals surface area (Å²) < 4.78 is 0.568. The molecular weight excluding hydrogens is 340 g/mol. The van der Waals surface area contributed by atoms with E-state index in [2.05, 4.69) is 29.1 Å². The van der Waals surface area contributed by atoms with E-state index in [0.717, 1.165) is 6.42 Å². The van der Waals surface area contributed by atoms with Gasteiger partial charge in [-0.1, -0.05) is 13.8 Å². The molecule has 2 N–H and O–H groups in total. The van der Waals surface area contributed by atoms with Crippen molar-refractivity contribution in [1.29, 1.82) is 0 Å². The van der Waals surface area contributed by atoms with E-state index in [0.29, 0.717) is 21.2 Å². The fourth-order valence-corrected chi connectivity index (χ4v) is 2.06. The van der Waals surface area contributed by atoms with E-state index in [9.17, 15) is 4.79 Å². The standard InChI is InChI=1S/C10H15ClIN3O/c1-6(2)3-7(4-11)15-9-8(12)10(16)14-5-13-9/h5-7H,3-4H2,1-2H3,(H2,13,14,15,16). The predicted octanol–water partition coefficient (Wildman–Crippen LogP) is 2.44. The monoisotopic (exact) mass is 355 g/mol. The zero-order chi connectivity index (χ0) is 12.1. The fraction of sp³-hybridized carbons (Fsp3) is 0.600. The Kier molecular flexibility index (Phi) is 5.54. The molecule has 4 nitrogen and oxygen atoms in total. The summed E-state index contributed by atoms with van der Waals surface area (Å²) in [6.07, 6.45) is 2.35. The molecule has 0 saturated heterocycles. The SMILES string of the molecule is CC(C)CC(CCl)Nc1nc[nH]c(=O)c1I. The first-order chi connectivity index (χ1) is 7.54. The van der Waals surface area contributed by atoms with Crippen molar-refractivity contribution in [3.05, 3.63) is 20.3 Å². The van der Waals surface area contributed by atoms with Crippen LogP contribution in [-0.2, 0) is 0 Å². The Morgan fingerprint density at radius 1 is 1.62 bits per heavy atom. The Balaban J connectivity index is 2.78. The van der Waals surface area contributed by atoms with Gasteiger partial charge in [0, 0.05) is 11.9 Å². The van der Waals surface area contributed by atoms with Crippen molar-refractivity contribution in [3.8, 4) is 0 Å². The van der Waals surface area contributed by atoms with Crippen LogP contribution < -0.4 is 10.9 Å². The Labute approximate surface area is 113 Å². The quantitative estimate of drug-likeness (QED) is 0.630. The van der Waals surface area contributed by atoms with Gasteiger partial charge in [-0.25, -0.2) is 4.98 Å². The molecule has 16 heavy (non-hydrogen) atoms. The third-order valence-corrected chi connectivity index (χ3v) is 3.45. The Morgan fingerprint density at radius 2 is 2.31 bits per heavy atom. The summed E-state index contributed by atoms with van der Waals surface area (Å²) in [4.78, 5) is 18.0. The van der Waals surface area contributed by atoms with Crippen molar-refractivity contribution in [2.75, 3.05) is 11.2 Å². The minimum atomic E-state index is -0.129. The number of rotatable bonds is 5. The van der Waals surface area contributed by atoms with E-state index in [1.807, 2.05) is 22.6 Å². The zero-order valence-corrected chi connectivity index (χ0v) is 12.2. The lowest BCUT2D eigenvalue weighted by molar-refractivity contribution is 0.541. The van der Waals surface area contributed by atoms with Crippen molar-refractivity contribution in [2.24, 2.45) is 5.92 Å². The highest BCUT2D eigenvalue weighted by molar-refractivity contribution is 14.1. The maximum absolute atomic E-state index is 11.4. The number of H-pyrrole nitrogens is 1. The number of nitrogens with one attached hydrogen (secondary N) is 2. The van der Waals surface area contributed by atoms with Crippen molar-refractivity contribution >= 4 is 40.0 Å². The molecule has 1 aromatic rings. The van der Waals surface area contributed by atoms with Gasteiger partial charge in [-0.15, -0.1) is 11.6 Å². The summed E-state index contributed by atoms with van der Waals surface area (Å²) in [6, 6.07) is 0.143. The second-order valence-electron chi connectivity index (χ2n) is 4.02. The number of hydrogen-bond donors (Lipinski definition) is 2. The van der Waals surface area contributed by atoms with Gasteiger partial charge in [0.25, 0.3) is 5.56 Å². The number of aromatic amines is 1. The van der Waals surface area contributed by atoms with Gasteiger partial charge < -0.3 is 10.3 Å². The third-order valence-electron chi connectivity index (χ3n) is 2.08. The Bertz CT molecular complexity index is 394. The van der Waals surface area contributed by atoms with Crippen molar-refractivity contribution in [2.45, 2.75) is 26.3 Å². The summed E-state index contributed by atoms with van der Waals surface area (Å²) in [5, 5.41) is 3.20. The molecule has 6 heteroatoms. The van der Waals surface area contributed by atoms with Crippen LogP contribution in [0.1, 0.15) is 20.3 Å². The molecule has 0 aliphatic heterocycles. The van der Waals surface area contributed by atoms with Gasteiger partial charge in [0.2, 0.25) is 0 Å². The first-order valence-electron chi connectivity index (χ1n) is 5.10. The number of halogens is 2. The molecule has 1 heterocycles. The zero-order valence-electron chi connectivity index (χ0n) is 9.26. The summed E-state index contributed by atoms with van der Waals surface area (Å²) in [5.41, 5.74) is -0.129. The van der Waals surface area contributed by atoms with E-state index < -0.39 is 0 Å². The highest BCUT2D eigenvalue weighted by atomic mass is 127. The highest BCUT2D eigenvalue weighted by Gasteiger charge is 2.13. The molecule has 0 spiro atoms. The van der Waals surface area contributed by atoms with E-state index in [1.165, 1.54) is 6.33 Å². The van der Waals surface area contributed by atoms with Gasteiger partial charge in [0.05, 0.1) is 6.33 Å². The van der Waals surface area contributed by atoms with Crippen molar-refractivity contribution in [3.63, 3.8) is 0 Å². The van der Waals surface area contributed by atoms with E-state index in [-0.39, 0.29) is 11.6 Å². The molecule has 0 radical (unpaired) electrons. The average molecular weight is 356 g/mol. The maximum Gasteiger partial charge on any atom is 0.266 e. The van der Waals surface area contributed by atoms with E-state index in [1.54, 1.807) is 0 Å². The molecule has 0 aliphatic rings. The third kappa shape index (κ3) is 3.93. The second-order valence-corrected chi connectivity index (χ2v) is 5.41. The lowest BCUT2D eigenvalue weighted by Gasteiger charge is -2.18. The van der Waals surface area contributed by atoms with Crippen LogP contribution in [0.4, 0.5) is 5.82 Å². The van der Waals surface area contributed by atoms with Gasteiger partial charge in [0.15, 0.2) is 0 Å². The van der Waals surface area contributed by atoms with Crippen LogP contribution in [0.2, 0.25) is 0 Å². The van der Waals surface area contributed by atoms with Gasteiger partial charge in [0.1, 0.15) is 9.39 Å². The first kappa shape index (κ1) is 13.8. The summed E-state index contributed by atoms with van der Waals surface area (Å²) >= 11 is 7.85. The normalized spacial score (nSPS) is 12.8. The smallest absolute Gasteiger partial charge is 0.266 e. The molecule has 1 rings (SSSR count). The number of alkyl halides is 1. The molecule has 90 valence electrons. The van der Waals surface area contributed by atoms with Gasteiger partial charge in [-0.3, -0.25) is 4.79 Å². The molecule has 1 unspecified atom stereocenters. The minimum Gasteiger partial charge on any atom is -0.365 e. The molecule has 0 aromatic carbocycles. The summed E-state index contributed by atoms with van der Waals surface area (Å²) in [6.45, 7) is 4.27. The first-order valence-corrected chi connectivity index (χ1v) is 6.71. The minimum absolute atomic E-state index is 0.129. The van der Waals surface area contributed by atoms with Crippen LogP contribution in [-0.4, -0.2) is 21.9 Å². The second kappa shape index (κ2) is 6.44. The number of hydrogen-bond acceptors (Lipinski definition) is 3. The van der Waals surface area contributed by atoms with E-state index >= 15 is 0 Å². The average Bonchev–Trinajstić information content (AvgIpc) is 2.23. The van der Waals surface area contributed by atoms with Gasteiger partial charge in [-0.05, 0) is 34.9 Å². The largest absolute Gasteiger partial charge is 0.365 e.